The summed E-state index contributed by atoms with van der Waals surface area (Å²) in [6.45, 7) is 7.94. The maximum Gasteiger partial charge on any atom is 0.261 e. The lowest BCUT2D eigenvalue weighted by Gasteiger charge is -2.26. The zero-order valence-corrected chi connectivity index (χ0v) is 18.5. The second-order valence-corrected chi connectivity index (χ2v) is 9.31. The van der Waals surface area contributed by atoms with E-state index in [2.05, 4.69) is 23.1 Å². The van der Waals surface area contributed by atoms with Crippen molar-refractivity contribution in [3.8, 4) is 0 Å². The molecule has 6 nitrogen and oxygen atoms in total. The number of aryl methyl sites for hydroxylation is 3. The maximum atomic E-state index is 13.0. The number of H-pyrrole nitrogens is 1. The SMILES string of the molecule is C=CC1=c2c(cccc2=C)C(=O)N(CCCc2nc3sc4c(c3c(=O)[nH]2)CCCC4)C1=O. The van der Waals surface area contributed by atoms with Gasteiger partial charge in [-0.05, 0) is 49.0 Å². The van der Waals surface area contributed by atoms with Crippen molar-refractivity contribution in [2.75, 3.05) is 6.54 Å². The van der Waals surface area contributed by atoms with Gasteiger partial charge in [0.05, 0.1) is 5.39 Å². The molecule has 32 heavy (non-hydrogen) atoms. The molecule has 2 aliphatic rings. The van der Waals surface area contributed by atoms with Crippen LogP contribution in [0.5, 0.6) is 0 Å². The van der Waals surface area contributed by atoms with Crippen LogP contribution in [0.3, 0.4) is 0 Å². The minimum Gasteiger partial charge on any atom is -0.310 e. The molecule has 7 heteroatoms. The Balaban J connectivity index is 1.38. The predicted molar refractivity (Wildman–Crippen MR) is 126 cm³/mol. The van der Waals surface area contributed by atoms with Gasteiger partial charge in [-0.3, -0.25) is 19.3 Å². The highest BCUT2D eigenvalue weighted by Crippen LogP contribution is 2.33. The van der Waals surface area contributed by atoms with Crippen LogP contribution in [0.1, 0.15) is 45.9 Å². The summed E-state index contributed by atoms with van der Waals surface area (Å²) in [5, 5.41) is 1.93. The molecule has 5 rings (SSSR count). The molecule has 0 spiro atoms. The van der Waals surface area contributed by atoms with Gasteiger partial charge in [0.1, 0.15) is 10.7 Å². The zero-order valence-electron chi connectivity index (χ0n) is 17.7. The fraction of sp³-hybridized carbons (Fsp3) is 0.280. The lowest BCUT2D eigenvalue weighted by molar-refractivity contribution is -0.122. The van der Waals surface area contributed by atoms with Crippen LogP contribution in [-0.2, 0) is 24.1 Å². The van der Waals surface area contributed by atoms with Crippen molar-refractivity contribution in [2.45, 2.75) is 38.5 Å². The molecule has 0 bridgehead atoms. The second-order valence-electron chi connectivity index (χ2n) is 8.23. The Morgan fingerprint density at radius 3 is 2.78 bits per heavy atom. The number of aromatic amines is 1. The van der Waals surface area contributed by atoms with Crippen molar-refractivity contribution < 1.29 is 9.59 Å². The minimum absolute atomic E-state index is 0.0892. The lowest BCUT2D eigenvalue weighted by Crippen LogP contribution is -2.49. The number of rotatable bonds is 5. The van der Waals surface area contributed by atoms with Gasteiger partial charge in [-0.1, -0.05) is 31.4 Å². The standard InChI is InChI=1S/C25H23N3O3S/c1-3-15-20-14(2)8-6-10-17(20)25(31)28(24(15)30)13-7-12-19-26-22(29)21-16-9-4-5-11-18(16)32-23(21)27-19/h3,6,8,10H,1-2,4-5,7,9,11-13H2,(H,26,27,29). The van der Waals surface area contributed by atoms with Gasteiger partial charge in [0.25, 0.3) is 17.4 Å². The van der Waals surface area contributed by atoms with Gasteiger partial charge < -0.3 is 4.98 Å². The van der Waals surface area contributed by atoms with Crippen molar-refractivity contribution in [2.24, 2.45) is 0 Å². The van der Waals surface area contributed by atoms with Gasteiger partial charge in [0, 0.05) is 34.2 Å². The third-order valence-electron chi connectivity index (χ3n) is 6.24. The Bertz CT molecular complexity index is 1460. The van der Waals surface area contributed by atoms with Crippen LogP contribution in [0.15, 0.2) is 35.6 Å². The lowest BCUT2D eigenvalue weighted by atomic mass is 9.97. The average Bonchev–Trinajstić information content (AvgIpc) is 3.16. The number of carbonyl (C=O) groups is 2. The van der Waals surface area contributed by atoms with E-state index in [9.17, 15) is 14.4 Å². The number of nitrogens with zero attached hydrogens (tertiary/aromatic N) is 2. The van der Waals surface area contributed by atoms with Crippen LogP contribution in [-0.4, -0.2) is 33.2 Å². The van der Waals surface area contributed by atoms with Crippen LogP contribution in [0, 0.1) is 0 Å². The molecule has 0 atom stereocenters. The van der Waals surface area contributed by atoms with Gasteiger partial charge in [-0.15, -0.1) is 11.3 Å². The third-order valence-corrected chi connectivity index (χ3v) is 7.43. The first-order chi connectivity index (χ1) is 15.5. The van der Waals surface area contributed by atoms with Crippen molar-refractivity contribution in [3.63, 3.8) is 0 Å². The predicted octanol–water partition coefficient (Wildman–Crippen LogP) is 2.23. The van der Waals surface area contributed by atoms with E-state index in [4.69, 9.17) is 0 Å². The summed E-state index contributed by atoms with van der Waals surface area (Å²) in [6.07, 6.45) is 6.68. The number of hydrogen-bond acceptors (Lipinski definition) is 5. The number of aromatic nitrogens is 2. The highest BCUT2D eigenvalue weighted by atomic mass is 32.1. The molecule has 0 saturated heterocycles. The smallest absolute Gasteiger partial charge is 0.261 e. The summed E-state index contributed by atoms with van der Waals surface area (Å²) in [5.41, 5.74) is 1.93. The first-order valence-corrected chi connectivity index (χ1v) is 11.7. The number of fused-ring (bicyclic) bond motifs is 4. The number of imide groups is 1. The molecule has 0 fully saturated rings. The summed E-state index contributed by atoms with van der Waals surface area (Å²) in [6, 6.07) is 5.25. The van der Waals surface area contributed by atoms with E-state index in [1.807, 2.05) is 0 Å². The molecule has 3 heterocycles. The quantitative estimate of drug-likeness (QED) is 0.611. The molecule has 2 amide bonds. The van der Waals surface area contributed by atoms with Gasteiger partial charge in [-0.25, -0.2) is 4.98 Å². The first-order valence-electron chi connectivity index (χ1n) is 10.8. The van der Waals surface area contributed by atoms with E-state index in [0.717, 1.165) is 41.5 Å². The van der Waals surface area contributed by atoms with Crippen molar-refractivity contribution in [3.05, 3.63) is 73.5 Å². The summed E-state index contributed by atoms with van der Waals surface area (Å²) in [4.78, 5) is 49.6. The Kier molecular flexibility index (Phi) is 5.13. The fourth-order valence-electron chi connectivity index (χ4n) is 4.71. The van der Waals surface area contributed by atoms with E-state index >= 15 is 0 Å². The van der Waals surface area contributed by atoms with Crippen molar-refractivity contribution >= 4 is 45.5 Å². The summed E-state index contributed by atoms with van der Waals surface area (Å²) >= 11 is 1.62. The van der Waals surface area contributed by atoms with Gasteiger partial charge >= 0.3 is 0 Å². The maximum absolute atomic E-state index is 13.0. The van der Waals surface area contributed by atoms with Crippen LogP contribution >= 0.6 is 11.3 Å². The Morgan fingerprint density at radius 1 is 1.16 bits per heavy atom. The molecule has 2 aromatic heterocycles. The molecule has 162 valence electrons. The third kappa shape index (κ3) is 3.24. The second kappa shape index (κ2) is 7.98. The number of nitrogens with one attached hydrogen (secondary N) is 1. The largest absolute Gasteiger partial charge is 0.310 e. The summed E-state index contributed by atoms with van der Waals surface area (Å²) < 4.78 is 0. The molecule has 0 radical (unpaired) electrons. The summed E-state index contributed by atoms with van der Waals surface area (Å²) in [5.74, 6) is -0.105. The number of thiophene rings is 1. The number of amides is 2. The minimum atomic E-state index is -0.364. The number of carbonyl (C=O) groups excluding carboxylic acids is 2. The molecule has 1 N–H and O–H groups in total. The molecular weight excluding hydrogens is 422 g/mol. The van der Waals surface area contributed by atoms with E-state index in [0.29, 0.717) is 40.2 Å². The zero-order chi connectivity index (χ0) is 22.4. The topological polar surface area (TPSA) is 83.1 Å². The van der Waals surface area contributed by atoms with Crippen LogP contribution in [0.2, 0.25) is 0 Å². The monoisotopic (exact) mass is 445 g/mol. The van der Waals surface area contributed by atoms with Crippen LogP contribution in [0.4, 0.5) is 0 Å². The van der Waals surface area contributed by atoms with Crippen molar-refractivity contribution in [1.82, 2.24) is 14.9 Å². The Labute approximate surface area is 188 Å². The first kappa shape index (κ1) is 20.6. The molecule has 0 unspecified atom stereocenters. The molecular formula is C25H23N3O3S. The fourth-order valence-corrected chi connectivity index (χ4v) is 5.99. The van der Waals surface area contributed by atoms with Crippen LogP contribution in [0.25, 0.3) is 22.4 Å². The van der Waals surface area contributed by atoms with Gasteiger partial charge in [-0.2, -0.15) is 0 Å². The number of benzene rings is 1. The van der Waals surface area contributed by atoms with E-state index < -0.39 is 0 Å². The van der Waals surface area contributed by atoms with Gasteiger partial charge in [0.2, 0.25) is 0 Å². The molecule has 0 saturated carbocycles. The Morgan fingerprint density at radius 2 is 1.97 bits per heavy atom. The average molecular weight is 446 g/mol. The highest BCUT2D eigenvalue weighted by molar-refractivity contribution is 7.18. The van der Waals surface area contributed by atoms with Crippen LogP contribution < -0.4 is 16.0 Å². The van der Waals surface area contributed by atoms with Crippen molar-refractivity contribution in [1.29, 1.82) is 0 Å². The summed E-state index contributed by atoms with van der Waals surface area (Å²) in [7, 11) is 0. The number of hydrogen-bond donors (Lipinski definition) is 1. The van der Waals surface area contributed by atoms with Gasteiger partial charge in [0.15, 0.2) is 0 Å². The van der Waals surface area contributed by atoms with E-state index in [1.165, 1.54) is 15.9 Å². The molecule has 1 aromatic carbocycles. The molecule has 3 aromatic rings. The highest BCUT2D eigenvalue weighted by Gasteiger charge is 2.30. The molecule has 1 aliphatic heterocycles. The normalized spacial score (nSPS) is 15.8. The van der Waals surface area contributed by atoms with E-state index in [-0.39, 0.29) is 23.9 Å². The molecule has 1 aliphatic carbocycles. The Hall–Kier alpha value is -3.32. The van der Waals surface area contributed by atoms with E-state index in [1.54, 1.807) is 29.5 Å².